The minimum absolute atomic E-state index is 0.138. The smallest absolute Gasteiger partial charge is 0.255 e. The van der Waals surface area contributed by atoms with Crippen LogP contribution in [-0.4, -0.2) is 17.4 Å². The van der Waals surface area contributed by atoms with Crippen LogP contribution in [0, 0.1) is 11.8 Å². The normalized spacial score (nSPS) is 22.3. The first-order valence-electron chi connectivity index (χ1n) is 6.52. The van der Waals surface area contributed by atoms with E-state index in [4.69, 9.17) is 5.84 Å². The molecule has 1 aromatic rings. The fourth-order valence-corrected chi connectivity index (χ4v) is 2.90. The number of nitrogen functional groups attached to an aromatic ring is 1. The molecule has 5 nitrogen and oxygen atoms in total. The van der Waals surface area contributed by atoms with Crippen LogP contribution in [0.15, 0.2) is 16.7 Å². The number of hydrazine groups is 1. The number of nitrogens with zero attached hydrogens (tertiary/aromatic N) is 1. The topological polar surface area (TPSA) is 80.0 Å². The molecule has 19 heavy (non-hydrogen) atoms. The average molecular weight is 327 g/mol. The number of aromatic nitrogens is 1. The van der Waals surface area contributed by atoms with Crippen molar-refractivity contribution in [3.8, 4) is 0 Å². The molecule has 1 amide bonds. The van der Waals surface area contributed by atoms with E-state index in [9.17, 15) is 4.79 Å². The van der Waals surface area contributed by atoms with Gasteiger partial charge in [-0.25, -0.2) is 10.8 Å². The lowest BCUT2D eigenvalue weighted by atomic mass is 9.98. The summed E-state index contributed by atoms with van der Waals surface area (Å²) >= 11 is 3.31. The highest BCUT2D eigenvalue weighted by atomic mass is 79.9. The molecular weight excluding hydrogens is 308 g/mol. The molecule has 0 spiro atoms. The van der Waals surface area contributed by atoms with E-state index in [0.717, 1.165) is 11.0 Å². The van der Waals surface area contributed by atoms with E-state index in [1.807, 2.05) is 0 Å². The first kappa shape index (κ1) is 14.3. The Morgan fingerprint density at radius 2 is 2.37 bits per heavy atom. The Hall–Kier alpha value is -1.14. The van der Waals surface area contributed by atoms with Crippen molar-refractivity contribution in [3.63, 3.8) is 0 Å². The van der Waals surface area contributed by atoms with Crippen LogP contribution in [0.2, 0.25) is 0 Å². The third-order valence-corrected chi connectivity index (χ3v) is 4.23. The van der Waals surface area contributed by atoms with Crippen LogP contribution in [0.3, 0.4) is 0 Å². The standard InChI is InChI=1S/C13H19BrN4O/c1-8-3-2-4-9(8)6-17-13(19)11-5-10(14)7-16-12(11)18-15/h5,7-9H,2-4,6,15H2,1H3,(H,16,18)(H,17,19). The number of carbonyl (C=O) groups excluding carboxylic acids is 1. The molecule has 0 saturated heterocycles. The van der Waals surface area contributed by atoms with E-state index in [2.05, 4.69) is 38.6 Å². The Balaban J connectivity index is 2.01. The van der Waals surface area contributed by atoms with Gasteiger partial charge in [0.1, 0.15) is 0 Å². The Morgan fingerprint density at radius 1 is 1.58 bits per heavy atom. The lowest BCUT2D eigenvalue weighted by Crippen LogP contribution is -2.31. The molecule has 0 bridgehead atoms. The molecule has 1 aliphatic carbocycles. The molecule has 0 aromatic carbocycles. The number of pyridine rings is 1. The minimum Gasteiger partial charge on any atom is -0.352 e. The van der Waals surface area contributed by atoms with Crippen LogP contribution in [-0.2, 0) is 0 Å². The second-order valence-corrected chi connectivity index (χ2v) is 5.99. The van der Waals surface area contributed by atoms with Crippen LogP contribution in [0.1, 0.15) is 36.5 Å². The van der Waals surface area contributed by atoms with Gasteiger partial charge < -0.3 is 10.7 Å². The Kier molecular flexibility index (Phi) is 4.76. The molecule has 0 aliphatic heterocycles. The van der Waals surface area contributed by atoms with Gasteiger partial charge in [-0.2, -0.15) is 0 Å². The predicted molar refractivity (Wildman–Crippen MR) is 78.6 cm³/mol. The van der Waals surface area contributed by atoms with Gasteiger partial charge in [0, 0.05) is 17.2 Å². The van der Waals surface area contributed by atoms with Crippen molar-refractivity contribution >= 4 is 27.7 Å². The maximum absolute atomic E-state index is 12.2. The van der Waals surface area contributed by atoms with Gasteiger partial charge in [-0.15, -0.1) is 0 Å². The lowest BCUT2D eigenvalue weighted by molar-refractivity contribution is 0.0945. The van der Waals surface area contributed by atoms with Gasteiger partial charge in [0.2, 0.25) is 0 Å². The Morgan fingerprint density at radius 3 is 3.00 bits per heavy atom. The second kappa shape index (κ2) is 6.34. The molecule has 1 aliphatic rings. The van der Waals surface area contributed by atoms with Gasteiger partial charge in [0.05, 0.1) is 5.56 Å². The lowest BCUT2D eigenvalue weighted by Gasteiger charge is -2.16. The Labute approximate surface area is 121 Å². The molecule has 1 aromatic heterocycles. The molecule has 1 saturated carbocycles. The number of hydrogen-bond acceptors (Lipinski definition) is 4. The number of halogens is 1. The van der Waals surface area contributed by atoms with Gasteiger partial charge in [-0.3, -0.25) is 4.79 Å². The van der Waals surface area contributed by atoms with Crippen LogP contribution in [0.5, 0.6) is 0 Å². The van der Waals surface area contributed by atoms with Crippen LogP contribution in [0.25, 0.3) is 0 Å². The number of anilines is 1. The van der Waals surface area contributed by atoms with Crippen LogP contribution < -0.4 is 16.6 Å². The number of nitrogens with one attached hydrogen (secondary N) is 2. The summed E-state index contributed by atoms with van der Waals surface area (Å²) in [5.74, 6) is 6.89. The highest BCUT2D eigenvalue weighted by molar-refractivity contribution is 9.10. The fraction of sp³-hybridized carbons (Fsp3) is 0.538. The third-order valence-electron chi connectivity index (χ3n) is 3.80. The number of hydrogen-bond donors (Lipinski definition) is 3. The Bertz CT molecular complexity index is 466. The molecule has 2 unspecified atom stereocenters. The number of carbonyl (C=O) groups is 1. The predicted octanol–water partition coefficient (Wildman–Crippen LogP) is 2.30. The molecule has 2 rings (SSSR count). The minimum atomic E-state index is -0.138. The summed E-state index contributed by atoms with van der Waals surface area (Å²) < 4.78 is 0.755. The van der Waals surface area contributed by atoms with Gasteiger partial charge in [-0.05, 0) is 40.3 Å². The van der Waals surface area contributed by atoms with Crippen molar-refractivity contribution in [2.75, 3.05) is 12.0 Å². The summed E-state index contributed by atoms with van der Waals surface area (Å²) in [6, 6.07) is 1.72. The zero-order valence-corrected chi connectivity index (χ0v) is 12.5. The fourth-order valence-electron chi connectivity index (χ4n) is 2.57. The summed E-state index contributed by atoms with van der Waals surface area (Å²) in [5, 5.41) is 2.98. The third kappa shape index (κ3) is 3.45. The molecule has 2 atom stereocenters. The highest BCUT2D eigenvalue weighted by Gasteiger charge is 2.24. The van der Waals surface area contributed by atoms with Crippen molar-refractivity contribution in [3.05, 3.63) is 22.3 Å². The van der Waals surface area contributed by atoms with Crippen molar-refractivity contribution < 1.29 is 4.79 Å². The molecule has 0 radical (unpaired) electrons. The van der Waals surface area contributed by atoms with Crippen molar-refractivity contribution in [2.45, 2.75) is 26.2 Å². The molecule has 4 N–H and O–H groups in total. The van der Waals surface area contributed by atoms with E-state index >= 15 is 0 Å². The summed E-state index contributed by atoms with van der Waals surface area (Å²) in [6.07, 6.45) is 5.32. The maximum atomic E-state index is 12.2. The quantitative estimate of drug-likeness (QED) is 0.586. The van der Waals surface area contributed by atoms with E-state index in [1.165, 1.54) is 19.3 Å². The zero-order valence-electron chi connectivity index (χ0n) is 10.9. The first-order chi connectivity index (χ1) is 9.11. The van der Waals surface area contributed by atoms with E-state index in [0.29, 0.717) is 23.2 Å². The zero-order chi connectivity index (χ0) is 13.8. The van der Waals surface area contributed by atoms with E-state index < -0.39 is 0 Å². The van der Waals surface area contributed by atoms with Gasteiger partial charge in [-0.1, -0.05) is 19.8 Å². The summed E-state index contributed by atoms with van der Waals surface area (Å²) in [4.78, 5) is 16.2. The van der Waals surface area contributed by atoms with Crippen molar-refractivity contribution in [1.29, 1.82) is 0 Å². The van der Waals surface area contributed by atoms with E-state index in [-0.39, 0.29) is 5.91 Å². The van der Waals surface area contributed by atoms with Crippen molar-refractivity contribution in [2.24, 2.45) is 17.7 Å². The summed E-state index contributed by atoms with van der Waals surface area (Å²) in [6.45, 7) is 2.97. The van der Waals surface area contributed by atoms with Crippen molar-refractivity contribution in [1.82, 2.24) is 10.3 Å². The largest absolute Gasteiger partial charge is 0.352 e. The van der Waals surface area contributed by atoms with Crippen LogP contribution >= 0.6 is 15.9 Å². The van der Waals surface area contributed by atoms with Gasteiger partial charge in [0.15, 0.2) is 5.82 Å². The summed E-state index contributed by atoms with van der Waals surface area (Å²) in [5.41, 5.74) is 2.91. The highest BCUT2D eigenvalue weighted by Crippen LogP contribution is 2.30. The molecule has 6 heteroatoms. The number of amides is 1. The first-order valence-corrected chi connectivity index (χ1v) is 7.31. The molecule has 1 heterocycles. The monoisotopic (exact) mass is 326 g/mol. The molecular formula is C13H19BrN4O. The summed E-state index contributed by atoms with van der Waals surface area (Å²) in [7, 11) is 0. The van der Waals surface area contributed by atoms with Crippen LogP contribution in [0.4, 0.5) is 5.82 Å². The van der Waals surface area contributed by atoms with Gasteiger partial charge >= 0.3 is 0 Å². The SMILES string of the molecule is CC1CCCC1CNC(=O)c1cc(Br)cnc1NN. The number of nitrogens with two attached hydrogens (primary N) is 1. The maximum Gasteiger partial charge on any atom is 0.255 e. The number of rotatable bonds is 4. The molecule has 1 fully saturated rings. The van der Waals surface area contributed by atoms with E-state index in [1.54, 1.807) is 12.3 Å². The van der Waals surface area contributed by atoms with Gasteiger partial charge in [0.25, 0.3) is 5.91 Å². The second-order valence-electron chi connectivity index (χ2n) is 5.07. The average Bonchev–Trinajstić information content (AvgIpc) is 2.81. The molecule has 104 valence electrons.